The van der Waals surface area contributed by atoms with Crippen molar-refractivity contribution in [3.63, 3.8) is 0 Å². The fourth-order valence-corrected chi connectivity index (χ4v) is 2.14. The van der Waals surface area contributed by atoms with Crippen LogP contribution in [0.15, 0.2) is 24.3 Å². The fraction of sp³-hybridized carbons (Fsp3) is 0.385. The molecule has 1 aromatic heterocycles. The van der Waals surface area contributed by atoms with Gasteiger partial charge in [-0.15, -0.1) is 0 Å². The minimum Gasteiger partial charge on any atom is -0.354 e. The van der Waals surface area contributed by atoms with E-state index >= 15 is 0 Å². The molecule has 0 spiro atoms. The summed E-state index contributed by atoms with van der Waals surface area (Å²) in [4.78, 5) is 0. The molecule has 0 saturated carbocycles. The molecule has 0 saturated heterocycles. The van der Waals surface area contributed by atoms with Gasteiger partial charge in [0.2, 0.25) is 0 Å². The topological polar surface area (TPSA) is 50.8 Å². The lowest BCUT2D eigenvalue weighted by molar-refractivity contribution is 0.0840. The largest absolute Gasteiger partial charge is 0.354 e. The van der Waals surface area contributed by atoms with Crippen molar-refractivity contribution in [2.75, 3.05) is 24.9 Å². The summed E-state index contributed by atoms with van der Waals surface area (Å²) in [5.74, 6) is 1.06. The standard InChI is InChI=1S/C13H16N3OS/c1-18(2)8-7-17-10-16-13-6-4-3-5-11(13)12(9-14)15-16/h3-6H,7-8,10H2,1-2H3/q+1. The lowest BCUT2D eigenvalue weighted by atomic mass is 10.2. The summed E-state index contributed by atoms with van der Waals surface area (Å²) in [6.07, 6.45) is 4.39. The van der Waals surface area contributed by atoms with Gasteiger partial charge in [0, 0.05) is 5.39 Å². The normalized spacial score (nSPS) is 11.0. The van der Waals surface area contributed by atoms with Crippen LogP contribution in [0, 0.1) is 11.3 Å². The quantitative estimate of drug-likeness (QED) is 0.609. The molecule has 0 amide bonds. The van der Waals surface area contributed by atoms with Gasteiger partial charge >= 0.3 is 0 Å². The number of hydrogen-bond donors (Lipinski definition) is 0. The summed E-state index contributed by atoms with van der Waals surface area (Å²) in [7, 11) is 0.396. The molecule has 0 fully saturated rings. The molecule has 0 N–H and O–H groups in total. The number of nitrogens with zero attached hydrogens (tertiary/aromatic N) is 3. The summed E-state index contributed by atoms with van der Waals surface area (Å²) >= 11 is 0. The summed E-state index contributed by atoms with van der Waals surface area (Å²) in [5, 5.41) is 14.2. The van der Waals surface area contributed by atoms with Crippen LogP contribution in [0.5, 0.6) is 0 Å². The second-order valence-electron chi connectivity index (χ2n) is 4.20. The average molecular weight is 262 g/mol. The Morgan fingerprint density at radius 1 is 1.39 bits per heavy atom. The number of para-hydroxylation sites is 1. The van der Waals surface area contributed by atoms with Gasteiger partial charge < -0.3 is 4.74 Å². The highest BCUT2D eigenvalue weighted by Crippen LogP contribution is 2.17. The fourth-order valence-electron chi connectivity index (χ4n) is 1.69. The molecule has 0 aliphatic rings. The number of fused-ring (bicyclic) bond motifs is 1. The van der Waals surface area contributed by atoms with E-state index in [1.165, 1.54) is 0 Å². The minimum absolute atomic E-state index is 0.396. The van der Waals surface area contributed by atoms with Gasteiger partial charge in [-0.25, -0.2) is 4.68 Å². The molecule has 0 unspecified atom stereocenters. The van der Waals surface area contributed by atoms with Crippen LogP contribution in [0.4, 0.5) is 0 Å². The Morgan fingerprint density at radius 2 is 2.17 bits per heavy atom. The molecule has 0 aliphatic carbocycles. The van der Waals surface area contributed by atoms with Crippen LogP contribution in [-0.2, 0) is 22.4 Å². The molecule has 2 aromatic rings. The lowest BCUT2D eigenvalue weighted by Crippen LogP contribution is -2.12. The van der Waals surface area contributed by atoms with E-state index in [2.05, 4.69) is 23.7 Å². The van der Waals surface area contributed by atoms with Crippen molar-refractivity contribution >= 4 is 21.8 Å². The number of nitriles is 1. The second-order valence-corrected chi connectivity index (χ2v) is 6.58. The van der Waals surface area contributed by atoms with Crippen LogP contribution in [-0.4, -0.2) is 34.7 Å². The maximum Gasteiger partial charge on any atom is 0.170 e. The molecule has 0 bridgehead atoms. The highest BCUT2D eigenvalue weighted by molar-refractivity contribution is 7.95. The highest BCUT2D eigenvalue weighted by atomic mass is 32.2. The monoisotopic (exact) mass is 262 g/mol. The smallest absolute Gasteiger partial charge is 0.170 e. The molecule has 0 aliphatic heterocycles. The molecule has 2 rings (SSSR count). The summed E-state index contributed by atoms with van der Waals surface area (Å²) in [5.41, 5.74) is 1.40. The van der Waals surface area contributed by atoms with Crippen LogP contribution in [0.2, 0.25) is 0 Å². The van der Waals surface area contributed by atoms with Crippen LogP contribution >= 0.6 is 0 Å². The predicted molar refractivity (Wildman–Crippen MR) is 74.5 cm³/mol. The van der Waals surface area contributed by atoms with Gasteiger partial charge in [0.25, 0.3) is 0 Å². The molecular formula is C13H16N3OS+. The summed E-state index contributed by atoms with van der Waals surface area (Å²) < 4.78 is 7.34. The summed E-state index contributed by atoms with van der Waals surface area (Å²) in [6, 6.07) is 9.83. The summed E-state index contributed by atoms with van der Waals surface area (Å²) in [6.45, 7) is 1.13. The van der Waals surface area contributed by atoms with Crippen LogP contribution in [0.1, 0.15) is 5.69 Å². The molecule has 1 aromatic carbocycles. The van der Waals surface area contributed by atoms with Gasteiger partial charge in [-0.1, -0.05) is 12.1 Å². The number of rotatable bonds is 5. The van der Waals surface area contributed by atoms with Gasteiger partial charge in [0.05, 0.1) is 24.6 Å². The lowest BCUT2D eigenvalue weighted by Gasteiger charge is -2.04. The third-order valence-corrected chi connectivity index (χ3v) is 3.60. The Bertz CT molecular complexity index is 571. The van der Waals surface area contributed by atoms with E-state index in [1.54, 1.807) is 4.68 Å². The van der Waals surface area contributed by atoms with Gasteiger partial charge in [-0.2, -0.15) is 10.4 Å². The molecule has 0 radical (unpaired) electrons. The van der Waals surface area contributed by atoms with E-state index in [0.717, 1.165) is 23.3 Å². The molecule has 4 nitrogen and oxygen atoms in total. The van der Waals surface area contributed by atoms with E-state index in [4.69, 9.17) is 10.00 Å². The van der Waals surface area contributed by atoms with Crippen molar-refractivity contribution in [2.24, 2.45) is 0 Å². The van der Waals surface area contributed by atoms with Crippen LogP contribution in [0.3, 0.4) is 0 Å². The number of ether oxygens (including phenoxy) is 1. The molecule has 0 atom stereocenters. The molecule has 5 heteroatoms. The van der Waals surface area contributed by atoms with Gasteiger partial charge in [-0.05, 0) is 23.0 Å². The second kappa shape index (κ2) is 5.89. The molecule has 94 valence electrons. The van der Waals surface area contributed by atoms with E-state index < -0.39 is 0 Å². The maximum atomic E-state index is 9.03. The van der Waals surface area contributed by atoms with Crippen molar-refractivity contribution in [2.45, 2.75) is 6.73 Å². The average Bonchev–Trinajstić information content (AvgIpc) is 2.73. The van der Waals surface area contributed by atoms with Crippen LogP contribution < -0.4 is 0 Å². The Hall–Kier alpha value is -1.51. The Morgan fingerprint density at radius 3 is 2.89 bits per heavy atom. The zero-order valence-corrected chi connectivity index (χ0v) is 11.4. The van der Waals surface area contributed by atoms with E-state index in [-0.39, 0.29) is 0 Å². The first-order chi connectivity index (χ1) is 8.72. The van der Waals surface area contributed by atoms with E-state index in [1.807, 2.05) is 24.3 Å². The zero-order chi connectivity index (χ0) is 13.0. The zero-order valence-electron chi connectivity index (χ0n) is 10.6. The Kier molecular flexibility index (Phi) is 4.24. The SMILES string of the molecule is C[S+](C)CCOCn1nc(C#N)c2ccccc21. The third-order valence-electron chi connectivity index (χ3n) is 2.61. The first kappa shape index (κ1) is 12.9. The Labute approximate surface area is 110 Å². The number of hydrogen-bond acceptors (Lipinski definition) is 3. The van der Waals surface area contributed by atoms with Crippen molar-refractivity contribution < 1.29 is 4.74 Å². The van der Waals surface area contributed by atoms with Crippen molar-refractivity contribution in [3.8, 4) is 6.07 Å². The van der Waals surface area contributed by atoms with E-state index in [0.29, 0.717) is 23.3 Å². The van der Waals surface area contributed by atoms with Crippen molar-refractivity contribution in [3.05, 3.63) is 30.0 Å². The minimum atomic E-state index is 0.396. The van der Waals surface area contributed by atoms with Gasteiger partial charge in [0.1, 0.15) is 18.6 Å². The van der Waals surface area contributed by atoms with E-state index in [9.17, 15) is 0 Å². The maximum absolute atomic E-state index is 9.03. The molecular weight excluding hydrogens is 246 g/mol. The molecule has 1 heterocycles. The predicted octanol–water partition coefficient (Wildman–Crippen LogP) is 1.76. The van der Waals surface area contributed by atoms with Crippen molar-refractivity contribution in [1.29, 1.82) is 5.26 Å². The first-order valence-electron chi connectivity index (χ1n) is 5.70. The third kappa shape index (κ3) is 2.84. The van der Waals surface area contributed by atoms with Gasteiger partial charge in [0.15, 0.2) is 5.69 Å². The highest BCUT2D eigenvalue weighted by Gasteiger charge is 2.09. The molecule has 18 heavy (non-hydrogen) atoms. The van der Waals surface area contributed by atoms with Crippen molar-refractivity contribution in [1.82, 2.24) is 9.78 Å². The first-order valence-corrected chi connectivity index (χ1v) is 7.91. The van der Waals surface area contributed by atoms with Gasteiger partial charge in [-0.3, -0.25) is 0 Å². The Balaban J connectivity index is 2.11. The number of benzene rings is 1. The van der Waals surface area contributed by atoms with Crippen LogP contribution in [0.25, 0.3) is 10.9 Å². The number of aromatic nitrogens is 2.